The molecule has 1 aliphatic rings. The maximum Gasteiger partial charge on any atom is 0.321 e. The molecule has 9 heteroatoms. The molecule has 0 spiro atoms. The molecule has 0 aliphatic carbocycles. The minimum atomic E-state index is -3.92. The summed E-state index contributed by atoms with van der Waals surface area (Å²) in [4.78, 5) is 22.8. The number of piperidine rings is 1. The van der Waals surface area contributed by atoms with Crippen molar-refractivity contribution < 1.29 is 27.5 Å². The maximum absolute atomic E-state index is 12.6. The SMILES string of the molecule is COC(=O)CN(CC(=O)OC)S(=O)(=O)N1CCCCC1C. The molecule has 0 N–H and O–H groups in total. The van der Waals surface area contributed by atoms with Crippen molar-refractivity contribution in [2.24, 2.45) is 0 Å². The number of carbonyl (C=O) groups is 2. The number of rotatable bonds is 6. The van der Waals surface area contributed by atoms with Gasteiger partial charge in [-0.15, -0.1) is 0 Å². The third-order valence-electron chi connectivity index (χ3n) is 3.43. The van der Waals surface area contributed by atoms with Gasteiger partial charge in [-0.2, -0.15) is 17.0 Å². The van der Waals surface area contributed by atoms with Crippen LogP contribution in [0.2, 0.25) is 0 Å². The molecule has 1 atom stereocenters. The molecule has 0 aromatic rings. The predicted octanol–water partition coefficient (Wildman–Crippen LogP) is -0.246. The van der Waals surface area contributed by atoms with Crippen LogP contribution in [0.3, 0.4) is 0 Å². The highest BCUT2D eigenvalue weighted by molar-refractivity contribution is 7.86. The molecular weight excluding hydrogens is 300 g/mol. The third-order valence-corrected chi connectivity index (χ3v) is 5.48. The molecule has 1 saturated heterocycles. The first-order valence-electron chi connectivity index (χ1n) is 6.73. The lowest BCUT2D eigenvalue weighted by Crippen LogP contribution is -2.52. The monoisotopic (exact) mass is 322 g/mol. The quantitative estimate of drug-likeness (QED) is 0.626. The Bertz CT molecular complexity index is 460. The van der Waals surface area contributed by atoms with E-state index in [1.807, 2.05) is 6.92 Å². The van der Waals surface area contributed by atoms with Gasteiger partial charge in [0.1, 0.15) is 13.1 Å². The predicted molar refractivity (Wildman–Crippen MR) is 74.5 cm³/mol. The molecule has 1 heterocycles. The molecule has 1 fully saturated rings. The van der Waals surface area contributed by atoms with Crippen molar-refractivity contribution in [3.05, 3.63) is 0 Å². The lowest BCUT2D eigenvalue weighted by atomic mass is 10.1. The molecule has 122 valence electrons. The van der Waals surface area contributed by atoms with E-state index in [0.717, 1.165) is 37.8 Å². The summed E-state index contributed by atoms with van der Waals surface area (Å²) in [5.74, 6) is -1.46. The van der Waals surface area contributed by atoms with Gasteiger partial charge in [0.25, 0.3) is 10.2 Å². The summed E-state index contributed by atoms with van der Waals surface area (Å²) in [6, 6.07) is -0.165. The summed E-state index contributed by atoms with van der Waals surface area (Å²) < 4.78 is 36.4. The Hall–Kier alpha value is -1.19. The van der Waals surface area contributed by atoms with Gasteiger partial charge in [0, 0.05) is 12.6 Å². The Balaban J connectivity index is 2.97. The third kappa shape index (κ3) is 4.65. The Morgan fingerprint density at radius 3 is 2.10 bits per heavy atom. The normalized spacial score (nSPS) is 20.3. The van der Waals surface area contributed by atoms with Gasteiger partial charge in [0.15, 0.2) is 0 Å². The number of hydrogen-bond donors (Lipinski definition) is 0. The van der Waals surface area contributed by atoms with Crippen LogP contribution in [0.25, 0.3) is 0 Å². The zero-order chi connectivity index (χ0) is 16.0. The van der Waals surface area contributed by atoms with Crippen LogP contribution in [-0.4, -0.2) is 68.9 Å². The van der Waals surface area contributed by atoms with E-state index in [-0.39, 0.29) is 6.04 Å². The van der Waals surface area contributed by atoms with Crippen LogP contribution in [-0.2, 0) is 29.3 Å². The molecule has 21 heavy (non-hydrogen) atoms. The van der Waals surface area contributed by atoms with E-state index in [9.17, 15) is 18.0 Å². The number of hydrogen-bond acceptors (Lipinski definition) is 6. The number of carbonyl (C=O) groups excluding carboxylic acids is 2. The van der Waals surface area contributed by atoms with Crippen LogP contribution < -0.4 is 0 Å². The average Bonchev–Trinajstić information content (AvgIpc) is 2.46. The van der Waals surface area contributed by atoms with Gasteiger partial charge < -0.3 is 9.47 Å². The minimum Gasteiger partial charge on any atom is -0.468 e. The second kappa shape index (κ2) is 7.71. The summed E-state index contributed by atoms with van der Waals surface area (Å²) >= 11 is 0. The van der Waals surface area contributed by atoms with Crippen molar-refractivity contribution in [3.63, 3.8) is 0 Å². The summed E-state index contributed by atoms with van der Waals surface area (Å²) in [7, 11) is -1.60. The van der Waals surface area contributed by atoms with Crippen molar-refractivity contribution in [1.29, 1.82) is 0 Å². The van der Waals surface area contributed by atoms with E-state index in [2.05, 4.69) is 9.47 Å². The molecule has 0 saturated carbocycles. The number of methoxy groups -OCH3 is 2. The zero-order valence-corrected chi connectivity index (χ0v) is 13.4. The molecule has 1 unspecified atom stereocenters. The minimum absolute atomic E-state index is 0.165. The summed E-state index contributed by atoms with van der Waals surface area (Å²) in [5, 5.41) is 0. The number of nitrogens with zero attached hydrogens (tertiary/aromatic N) is 2. The second-order valence-electron chi connectivity index (χ2n) is 4.88. The van der Waals surface area contributed by atoms with E-state index in [0.29, 0.717) is 6.54 Å². The summed E-state index contributed by atoms with van der Waals surface area (Å²) in [6.07, 6.45) is 2.47. The second-order valence-corrected chi connectivity index (χ2v) is 6.76. The van der Waals surface area contributed by atoms with E-state index in [1.165, 1.54) is 4.31 Å². The van der Waals surface area contributed by atoms with Gasteiger partial charge in [-0.3, -0.25) is 9.59 Å². The van der Waals surface area contributed by atoms with Gasteiger partial charge in [0.2, 0.25) is 0 Å². The fourth-order valence-electron chi connectivity index (χ4n) is 2.20. The van der Waals surface area contributed by atoms with Crippen LogP contribution in [0, 0.1) is 0 Å². The van der Waals surface area contributed by atoms with Gasteiger partial charge >= 0.3 is 11.9 Å². The van der Waals surface area contributed by atoms with Crippen LogP contribution in [0.1, 0.15) is 26.2 Å². The van der Waals surface area contributed by atoms with E-state index in [4.69, 9.17) is 0 Å². The van der Waals surface area contributed by atoms with Crippen molar-refractivity contribution in [2.45, 2.75) is 32.2 Å². The number of esters is 2. The van der Waals surface area contributed by atoms with Gasteiger partial charge in [-0.05, 0) is 19.8 Å². The van der Waals surface area contributed by atoms with E-state index in [1.54, 1.807) is 0 Å². The molecule has 0 amide bonds. The van der Waals surface area contributed by atoms with E-state index < -0.39 is 35.2 Å². The Labute approximate surface area is 125 Å². The molecule has 8 nitrogen and oxygen atoms in total. The summed E-state index contributed by atoms with van der Waals surface area (Å²) in [6.45, 7) is 1.15. The first kappa shape index (κ1) is 17.9. The maximum atomic E-state index is 12.6. The van der Waals surface area contributed by atoms with Crippen LogP contribution >= 0.6 is 0 Å². The highest BCUT2D eigenvalue weighted by Crippen LogP contribution is 2.22. The van der Waals surface area contributed by atoms with Crippen LogP contribution in [0.15, 0.2) is 0 Å². The van der Waals surface area contributed by atoms with Crippen molar-refractivity contribution in [2.75, 3.05) is 33.9 Å². The van der Waals surface area contributed by atoms with Crippen LogP contribution in [0.5, 0.6) is 0 Å². The van der Waals surface area contributed by atoms with Gasteiger partial charge in [-0.25, -0.2) is 0 Å². The molecule has 0 aromatic carbocycles. The van der Waals surface area contributed by atoms with Crippen molar-refractivity contribution in [3.8, 4) is 0 Å². The Morgan fingerprint density at radius 1 is 1.14 bits per heavy atom. The fourth-order valence-corrected chi connectivity index (χ4v) is 3.95. The fraction of sp³-hybridized carbons (Fsp3) is 0.833. The Morgan fingerprint density at radius 2 is 1.67 bits per heavy atom. The first-order valence-corrected chi connectivity index (χ1v) is 8.13. The largest absolute Gasteiger partial charge is 0.468 e. The van der Waals surface area contributed by atoms with Gasteiger partial charge in [0.05, 0.1) is 14.2 Å². The smallest absolute Gasteiger partial charge is 0.321 e. The highest BCUT2D eigenvalue weighted by Gasteiger charge is 2.36. The van der Waals surface area contributed by atoms with Crippen LogP contribution in [0.4, 0.5) is 0 Å². The van der Waals surface area contributed by atoms with Gasteiger partial charge in [-0.1, -0.05) is 6.42 Å². The lowest BCUT2D eigenvalue weighted by Gasteiger charge is -2.35. The molecule has 1 aliphatic heterocycles. The summed E-state index contributed by atoms with van der Waals surface area (Å²) in [5.41, 5.74) is 0. The molecular formula is C12H22N2O6S. The topological polar surface area (TPSA) is 93.2 Å². The zero-order valence-electron chi connectivity index (χ0n) is 12.6. The van der Waals surface area contributed by atoms with Crippen molar-refractivity contribution >= 4 is 22.1 Å². The lowest BCUT2D eigenvalue weighted by molar-refractivity contribution is -0.143. The molecule has 1 rings (SSSR count). The average molecular weight is 322 g/mol. The molecule has 0 aromatic heterocycles. The van der Waals surface area contributed by atoms with E-state index >= 15 is 0 Å². The standard InChI is InChI=1S/C12H22N2O6S/c1-10-6-4-5-7-14(10)21(17,18)13(8-11(15)19-2)9-12(16)20-3/h10H,4-9H2,1-3H3. The van der Waals surface area contributed by atoms with Crippen molar-refractivity contribution in [1.82, 2.24) is 8.61 Å². The molecule has 0 radical (unpaired) electrons. The highest BCUT2D eigenvalue weighted by atomic mass is 32.2. The molecule has 0 bridgehead atoms. The number of ether oxygens (including phenoxy) is 2. The Kier molecular flexibility index (Phi) is 6.56. The first-order chi connectivity index (χ1) is 9.82.